The largest absolute Gasteiger partial charge is 0.497 e. The summed E-state index contributed by atoms with van der Waals surface area (Å²) in [4.78, 5) is 18.2. The van der Waals surface area contributed by atoms with E-state index >= 15 is 0 Å². The Balaban J connectivity index is 1.99. The minimum absolute atomic E-state index is 0.115. The molecule has 1 N–H and O–H groups in total. The Labute approximate surface area is 124 Å². The van der Waals surface area contributed by atoms with E-state index in [0.717, 1.165) is 17.1 Å². The molecule has 0 aliphatic carbocycles. The number of anilines is 1. The van der Waals surface area contributed by atoms with Crippen LogP contribution >= 0.6 is 0 Å². The second kappa shape index (κ2) is 6.74. The number of carbonyl (C=O) groups is 1. The smallest absolute Gasteiger partial charge is 0.251 e. The van der Waals surface area contributed by atoms with Crippen LogP contribution in [0.5, 0.6) is 5.75 Å². The van der Waals surface area contributed by atoms with Crippen LogP contribution in [0, 0.1) is 0 Å². The van der Waals surface area contributed by atoms with Gasteiger partial charge < -0.3 is 15.0 Å². The molecule has 0 radical (unpaired) electrons. The minimum Gasteiger partial charge on any atom is -0.497 e. The minimum atomic E-state index is -0.115. The van der Waals surface area contributed by atoms with Crippen LogP contribution in [0.15, 0.2) is 42.6 Å². The van der Waals surface area contributed by atoms with E-state index in [-0.39, 0.29) is 5.91 Å². The maximum Gasteiger partial charge on any atom is 0.251 e. The number of carbonyl (C=O) groups excluding carboxylic acids is 1. The van der Waals surface area contributed by atoms with Gasteiger partial charge in [-0.25, -0.2) is 4.98 Å². The number of amides is 1. The summed E-state index contributed by atoms with van der Waals surface area (Å²) >= 11 is 0. The van der Waals surface area contributed by atoms with Crippen molar-refractivity contribution in [2.45, 2.75) is 6.54 Å². The predicted molar refractivity (Wildman–Crippen MR) is 82.7 cm³/mol. The predicted octanol–water partition coefficient (Wildman–Crippen LogP) is 2.09. The molecule has 5 nitrogen and oxygen atoms in total. The summed E-state index contributed by atoms with van der Waals surface area (Å²) in [5.41, 5.74) is 1.62. The van der Waals surface area contributed by atoms with Gasteiger partial charge in [-0.15, -0.1) is 0 Å². The maximum atomic E-state index is 12.1. The zero-order valence-electron chi connectivity index (χ0n) is 12.5. The molecule has 0 atom stereocenters. The molecule has 1 amide bonds. The van der Waals surface area contributed by atoms with Crippen LogP contribution in [0.3, 0.4) is 0 Å². The molecule has 0 spiro atoms. The third-order valence-electron chi connectivity index (χ3n) is 3.08. The van der Waals surface area contributed by atoms with Gasteiger partial charge in [-0.1, -0.05) is 12.1 Å². The van der Waals surface area contributed by atoms with Gasteiger partial charge in [0, 0.05) is 32.4 Å². The van der Waals surface area contributed by atoms with Crippen LogP contribution in [0.25, 0.3) is 0 Å². The van der Waals surface area contributed by atoms with E-state index in [1.807, 2.05) is 43.3 Å². The summed E-state index contributed by atoms with van der Waals surface area (Å²) in [6.45, 7) is 0.475. The number of hydrogen-bond donors (Lipinski definition) is 1. The van der Waals surface area contributed by atoms with Gasteiger partial charge in [0.05, 0.1) is 7.11 Å². The van der Waals surface area contributed by atoms with Crippen molar-refractivity contribution in [3.8, 4) is 5.75 Å². The topological polar surface area (TPSA) is 54.5 Å². The van der Waals surface area contributed by atoms with E-state index in [2.05, 4.69) is 10.3 Å². The SMILES string of the molecule is COc1ccc(CNC(=O)c2ccnc(N(C)C)c2)cc1. The Kier molecular flexibility index (Phi) is 4.77. The highest BCUT2D eigenvalue weighted by Crippen LogP contribution is 2.12. The molecule has 2 aromatic rings. The first-order valence-electron chi connectivity index (χ1n) is 6.64. The zero-order valence-corrected chi connectivity index (χ0v) is 12.5. The van der Waals surface area contributed by atoms with Crippen molar-refractivity contribution in [3.63, 3.8) is 0 Å². The Morgan fingerprint density at radius 1 is 1.24 bits per heavy atom. The molecule has 1 heterocycles. The first-order valence-corrected chi connectivity index (χ1v) is 6.64. The van der Waals surface area contributed by atoms with Crippen LogP contribution in [-0.2, 0) is 6.54 Å². The molecule has 1 aromatic carbocycles. The van der Waals surface area contributed by atoms with E-state index in [9.17, 15) is 4.79 Å². The number of methoxy groups -OCH3 is 1. The molecule has 110 valence electrons. The van der Waals surface area contributed by atoms with E-state index in [1.165, 1.54) is 0 Å². The summed E-state index contributed by atoms with van der Waals surface area (Å²) in [6, 6.07) is 11.1. The van der Waals surface area contributed by atoms with Gasteiger partial charge in [-0.05, 0) is 29.8 Å². The van der Waals surface area contributed by atoms with Crippen LogP contribution in [0.4, 0.5) is 5.82 Å². The number of ether oxygens (including phenoxy) is 1. The fraction of sp³-hybridized carbons (Fsp3) is 0.250. The Bertz CT molecular complexity index is 609. The summed E-state index contributed by atoms with van der Waals surface area (Å²) in [7, 11) is 5.41. The second-order valence-corrected chi connectivity index (χ2v) is 4.83. The maximum absolute atomic E-state index is 12.1. The van der Waals surface area contributed by atoms with Crippen LogP contribution in [-0.4, -0.2) is 32.1 Å². The van der Waals surface area contributed by atoms with E-state index in [1.54, 1.807) is 25.4 Å². The number of rotatable bonds is 5. The molecule has 2 rings (SSSR count). The van der Waals surface area contributed by atoms with Gasteiger partial charge in [0.2, 0.25) is 0 Å². The number of nitrogens with zero attached hydrogens (tertiary/aromatic N) is 2. The molecule has 0 aliphatic rings. The first-order chi connectivity index (χ1) is 10.1. The lowest BCUT2D eigenvalue weighted by Gasteiger charge is -2.12. The molecule has 0 aliphatic heterocycles. The summed E-state index contributed by atoms with van der Waals surface area (Å²) < 4.78 is 5.10. The molecule has 0 saturated carbocycles. The lowest BCUT2D eigenvalue weighted by molar-refractivity contribution is 0.0951. The van der Waals surface area contributed by atoms with Gasteiger partial charge in [-0.2, -0.15) is 0 Å². The Morgan fingerprint density at radius 2 is 1.95 bits per heavy atom. The van der Waals surface area contributed by atoms with Crippen molar-refractivity contribution in [3.05, 3.63) is 53.7 Å². The number of benzene rings is 1. The second-order valence-electron chi connectivity index (χ2n) is 4.83. The molecule has 1 aromatic heterocycles. The van der Waals surface area contributed by atoms with Crippen molar-refractivity contribution in [1.82, 2.24) is 10.3 Å². The van der Waals surface area contributed by atoms with Crippen molar-refractivity contribution < 1.29 is 9.53 Å². The molecule has 5 heteroatoms. The molecule has 0 bridgehead atoms. The quantitative estimate of drug-likeness (QED) is 0.914. The van der Waals surface area contributed by atoms with Gasteiger partial charge in [0.1, 0.15) is 11.6 Å². The van der Waals surface area contributed by atoms with Crippen molar-refractivity contribution >= 4 is 11.7 Å². The van der Waals surface area contributed by atoms with Gasteiger partial charge in [0.25, 0.3) is 5.91 Å². The Morgan fingerprint density at radius 3 is 2.57 bits per heavy atom. The third kappa shape index (κ3) is 3.95. The lowest BCUT2D eigenvalue weighted by Crippen LogP contribution is -2.23. The lowest BCUT2D eigenvalue weighted by atomic mass is 10.2. The molecular weight excluding hydrogens is 266 g/mol. The van der Waals surface area contributed by atoms with Crippen LogP contribution in [0.2, 0.25) is 0 Å². The van der Waals surface area contributed by atoms with Crippen molar-refractivity contribution in [2.24, 2.45) is 0 Å². The average molecular weight is 285 g/mol. The fourth-order valence-corrected chi connectivity index (χ4v) is 1.83. The van der Waals surface area contributed by atoms with Crippen molar-refractivity contribution in [2.75, 3.05) is 26.1 Å². The van der Waals surface area contributed by atoms with E-state index < -0.39 is 0 Å². The average Bonchev–Trinajstić information content (AvgIpc) is 2.53. The highest BCUT2D eigenvalue weighted by atomic mass is 16.5. The van der Waals surface area contributed by atoms with E-state index in [0.29, 0.717) is 12.1 Å². The molecule has 21 heavy (non-hydrogen) atoms. The first kappa shape index (κ1) is 14.8. The van der Waals surface area contributed by atoms with Gasteiger partial charge in [0.15, 0.2) is 0 Å². The molecular formula is C16H19N3O2. The zero-order chi connectivity index (χ0) is 15.2. The molecule has 0 fully saturated rings. The van der Waals surface area contributed by atoms with Crippen LogP contribution in [0.1, 0.15) is 15.9 Å². The highest BCUT2D eigenvalue weighted by molar-refractivity contribution is 5.94. The summed E-state index contributed by atoms with van der Waals surface area (Å²) in [5, 5.41) is 2.89. The fourth-order valence-electron chi connectivity index (χ4n) is 1.83. The number of nitrogens with one attached hydrogen (secondary N) is 1. The van der Waals surface area contributed by atoms with Gasteiger partial charge >= 0.3 is 0 Å². The number of aromatic nitrogens is 1. The number of pyridine rings is 1. The van der Waals surface area contributed by atoms with E-state index in [4.69, 9.17) is 4.74 Å². The normalized spacial score (nSPS) is 10.0. The van der Waals surface area contributed by atoms with Gasteiger partial charge in [-0.3, -0.25) is 4.79 Å². The summed E-state index contributed by atoms with van der Waals surface area (Å²) in [6.07, 6.45) is 1.64. The monoisotopic (exact) mass is 285 g/mol. The Hall–Kier alpha value is -2.56. The molecule has 0 saturated heterocycles. The van der Waals surface area contributed by atoms with Crippen molar-refractivity contribution in [1.29, 1.82) is 0 Å². The summed E-state index contributed by atoms with van der Waals surface area (Å²) in [5.74, 6) is 1.44. The standard InChI is InChI=1S/C16H19N3O2/c1-19(2)15-10-13(8-9-17-15)16(20)18-11-12-4-6-14(21-3)7-5-12/h4-10H,11H2,1-3H3,(H,18,20). The molecule has 0 unspecified atom stereocenters. The third-order valence-corrected chi connectivity index (χ3v) is 3.08. The number of hydrogen-bond acceptors (Lipinski definition) is 4. The highest BCUT2D eigenvalue weighted by Gasteiger charge is 2.07. The van der Waals surface area contributed by atoms with Crippen LogP contribution < -0.4 is 15.0 Å².